The van der Waals surface area contributed by atoms with Crippen LogP contribution >= 0.6 is 0 Å². The second kappa shape index (κ2) is 15.3. The van der Waals surface area contributed by atoms with Crippen LogP contribution in [-0.2, 0) is 62.0 Å². The maximum absolute atomic E-state index is 13.2. The molecule has 204 valence electrons. The molecule has 0 bridgehead atoms. The fourth-order valence-corrected chi connectivity index (χ4v) is 2.96. The maximum atomic E-state index is 13.2. The molecule has 0 aromatic rings. The zero-order valence-electron chi connectivity index (χ0n) is 21.5. The Morgan fingerprint density at radius 1 is 0.667 bits per heavy atom. The highest BCUT2D eigenvalue weighted by molar-refractivity contribution is 5.89. The number of nitrogens with one attached hydrogen (secondary N) is 1. The molecule has 0 aliphatic rings. The fourth-order valence-electron chi connectivity index (χ4n) is 2.96. The third-order valence-electron chi connectivity index (χ3n) is 4.33. The van der Waals surface area contributed by atoms with E-state index in [1.165, 1.54) is 0 Å². The number of amides is 1. The summed E-state index contributed by atoms with van der Waals surface area (Å²) in [5, 5.41) is 2.35. The monoisotopic (exact) mass is 519 g/mol. The van der Waals surface area contributed by atoms with Crippen molar-refractivity contribution in [1.29, 1.82) is 0 Å². The van der Waals surface area contributed by atoms with E-state index in [2.05, 4.69) is 10.1 Å². The average Bonchev–Trinajstić information content (AvgIpc) is 2.74. The summed E-state index contributed by atoms with van der Waals surface area (Å²) in [5.74, 6) is -7.06. The molecule has 1 N–H and O–H groups in total. The van der Waals surface area contributed by atoms with Crippen LogP contribution in [0.15, 0.2) is 0 Å². The molecule has 36 heavy (non-hydrogen) atoms. The van der Waals surface area contributed by atoms with E-state index in [-0.39, 0.29) is 0 Å². The van der Waals surface area contributed by atoms with E-state index in [0.29, 0.717) is 0 Å². The standard InChI is InChI=1S/C22H33NO13/c1-10(2)17(22(30)31-8)23-21(29)20(36-15(7)28)19(35-14(6)27)18(34-13(5)26)16(33-12(4)25)9-32-11(3)24/h10,16-20H,9H2,1-8H3,(H,23,29)/t16-,17+,18-,19+,20-/m1/s1. The van der Waals surface area contributed by atoms with Crippen LogP contribution in [-0.4, -0.2) is 85.9 Å². The van der Waals surface area contributed by atoms with E-state index in [4.69, 9.17) is 23.7 Å². The lowest BCUT2D eigenvalue weighted by Crippen LogP contribution is -2.59. The molecule has 0 rings (SSSR count). The highest BCUT2D eigenvalue weighted by atomic mass is 16.6. The van der Waals surface area contributed by atoms with Crippen molar-refractivity contribution < 1.29 is 62.0 Å². The molecule has 0 aliphatic carbocycles. The Kier molecular flexibility index (Phi) is 13.7. The van der Waals surface area contributed by atoms with Gasteiger partial charge in [0.2, 0.25) is 6.10 Å². The van der Waals surface area contributed by atoms with Gasteiger partial charge in [-0.05, 0) is 5.92 Å². The van der Waals surface area contributed by atoms with Gasteiger partial charge in [0.05, 0.1) is 7.11 Å². The number of hydrogen-bond acceptors (Lipinski definition) is 13. The number of hydrogen-bond donors (Lipinski definition) is 1. The van der Waals surface area contributed by atoms with Crippen LogP contribution in [0.25, 0.3) is 0 Å². The van der Waals surface area contributed by atoms with Crippen molar-refractivity contribution in [2.75, 3.05) is 13.7 Å². The van der Waals surface area contributed by atoms with Gasteiger partial charge in [-0.1, -0.05) is 13.8 Å². The number of ether oxygens (including phenoxy) is 6. The molecular formula is C22H33NO13. The summed E-state index contributed by atoms with van der Waals surface area (Å²) in [6.07, 6.45) is -7.29. The predicted octanol–water partition coefficient (Wildman–Crippen LogP) is -0.410. The lowest BCUT2D eigenvalue weighted by Gasteiger charge is -2.35. The van der Waals surface area contributed by atoms with E-state index in [0.717, 1.165) is 41.7 Å². The predicted molar refractivity (Wildman–Crippen MR) is 118 cm³/mol. The minimum Gasteiger partial charge on any atom is -0.467 e. The van der Waals surface area contributed by atoms with Crippen molar-refractivity contribution >= 4 is 41.7 Å². The second-order valence-electron chi connectivity index (χ2n) is 7.88. The van der Waals surface area contributed by atoms with Crippen LogP contribution in [0.3, 0.4) is 0 Å². The van der Waals surface area contributed by atoms with Gasteiger partial charge in [-0.2, -0.15) is 0 Å². The van der Waals surface area contributed by atoms with Crippen LogP contribution in [0.1, 0.15) is 48.5 Å². The molecule has 1 amide bonds. The summed E-state index contributed by atoms with van der Waals surface area (Å²) in [4.78, 5) is 84.1. The maximum Gasteiger partial charge on any atom is 0.328 e. The number of carbonyl (C=O) groups excluding carboxylic acids is 7. The summed E-state index contributed by atoms with van der Waals surface area (Å²) in [7, 11) is 1.10. The van der Waals surface area contributed by atoms with E-state index < -0.39 is 84.7 Å². The molecule has 14 nitrogen and oxygen atoms in total. The third-order valence-corrected chi connectivity index (χ3v) is 4.33. The Balaban J connectivity index is 6.67. The lowest BCUT2D eigenvalue weighted by atomic mass is 9.99. The van der Waals surface area contributed by atoms with Gasteiger partial charge < -0.3 is 33.7 Å². The quantitative estimate of drug-likeness (QED) is 0.245. The zero-order chi connectivity index (χ0) is 28.2. The van der Waals surface area contributed by atoms with E-state index >= 15 is 0 Å². The summed E-state index contributed by atoms with van der Waals surface area (Å²) in [6, 6.07) is -1.20. The summed E-state index contributed by atoms with van der Waals surface area (Å²) in [5.41, 5.74) is 0. The lowest BCUT2D eigenvalue weighted by molar-refractivity contribution is -0.203. The van der Waals surface area contributed by atoms with Crippen LogP contribution in [0.4, 0.5) is 0 Å². The normalized spacial score (nSPS) is 14.7. The number of esters is 6. The highest BCUT2D eigenvalue weighted by Gasteiger charge is 2.47. The van der Waals surface area contributed by atoms with Gasteiger partial charge in [-0.15, -0.1) is 0 Å². The summed E-state index contributed by atoms with van der Waals surface area (Å²) >= 11 is 0. The second-order valence-corrected chi connectivity index (χ2v) is 7.88. The first-order valence-electron chi connectivity index (χ1n) is 10.8. The third kappa shape index (κ3) is 11.6. The SMILES string of the molecule is COC(=O)[C@@H](NC(=O)[C@H](OC(C)=O)[C@@H](OC(C)=O)[C@H](OC(C)=O)[C@@H](COC(C)=O)OC(C)=O)C(C)C. The van der Waals surface area contributed by atoms with Gasteiger partial charge in [-0.25, -0.2) is 4.79 Å². The first-order valence-corrected chi connectivity index (χ1v) is 10.8. The number of methoxy groups -OCH3 is 1. The van der Waals surface area contributed by atoms with E-state index in [1.54, 1.807) is 13.8 Å². The van der Waals surface area contributed by atoms with Crippen LogP contribution in [0.5, 0.6) is 0 Å². The van der Waals surface area contributed by atoms with Gasteiger partial charge in [0.15, 0.2) is 18.3 Å². The molecule has 0 unspecified atom stereocenters. The Bertz CT molecular complexity index is 838. The molecule has 14 heteroatoms. The summed E-state index contributed by atoms with van der Waals surface area (Å²) < 4.78 is 30.1. The zero-order valence-corrected chi connectivity index (χ0v) is 21.5. The number of carbonyl (C=O) groups is 7. The molecule has 0 spiro atoms. The molecular weight excluding hydrogens is 486 g/mol. The smallest absolute Gasteiger partial charge is 0.328 e. The Morgan fingerprint density at radius 3 is 1.53 bits per heavy atom. The van der Waals surface area contributed by atoms with Gasteiger partial charge in [-0.3, -0.25) is 28.8 Å². The Hall–Kier alpha value is -3.71. The molecule has 0 radical (unpaired) electrons. The van der Waals surface area contributed by atoms with Crippen molar-refractivity contribution in [1.82, 2.24) is 5.32 Å². The van der Waals surface area contributed by atoms with E-state index in [9.17, 15) is 33.6 Å². The van der Waals surface area contributed by atoms with E-state index in [1.807, 2.05) is 0 Å². The van der Waals surface area contributed by atoms with Gasteiger partial charge in [0.1, 0.15) is 12.6 Å². The van der Waals surface area contributed by atoms with Crippen LogP contribution < -0.4 is 5.32 Å². The molecule has 0 aromatic carbocycles. The first kappa shape index (κ1) is 32.3. The largest absolute Gasteiger partial charge is 0.467 e. The molecule has 0 aliphatic heterocycles. The molecule has 0 heterocycles. The Labute approximate surface area is 208 Å². The highest BCUT2D eigenvalue weighted by Crippen LogP contribution is 2.21. The van der Waals surface area contributed by atoms with Crippen molar-refractivity contribution in [3.8, 4) is 0 Å². The van der Waals surface area contributed by atoms with Crippen molar-refractivity contribution in [3.05, 3.63) is 0 Å². The first-order chi connectivity index (χ1) is 16.6. The van der Waals surface area contributed by atoms with Crippen molar-refractivity contribution in [2.45, 2.75) is 78.9 Å². The molecule has 0 saturated heterocycles. The molecule has 0 saturated carbocycles. The van der Waals surface area contributed by atoms with Gasteiger partial charge in [0.25, 0.3) is 5.91 Å². The van der Waals surface area contributed by atoms with Gasteiger partial charge in [0, 0.05) is 34.6 Å². The van der Waals surface area contributed by atoms with Crippen LogP contribution in [0.2, 0.25) is 0 Å². The topological polar surface area (TPSA) is 187 Å². The number of rotatable bonds is 13. The minimum absolute atomic E-state index is 0.478. The van der Waals surface area contributed by atoms with Crippen LogP contribution in [0, 0.1) is 5.92 Å². The minimum atomic E-state index is -2.00. The fraction of sp³-hybridized carbons (Fsp3) is 0.682. The van der Waals surface area contributed by atoms with Crippen molar-refractivity contribution in [2.24, 2.45) is 5.92 Å². The van der Waals surface area contributed by atoms with Gasteiger partial charge >= 0.3 is 35.8 Å². The summed E-state index contributed by atoms with van der Waals surface area (Å²) in [6.45, 7) is 7.48. The molecule has 0 aromatic heterocycles. The van der Waals surface area contributed by atoms with Crippen molar-refractivity contribution in [3.63, 3.8) is 0 Å². The average molecular weight is 520 g/mol. The molecule has 0 fully saturated rings. The Morgan fingerprint density at radius 2 is 1.14 bits per heavy atom. The molecule has 5 atom stereocenters.